The third kappa shape index (κ3) is 3.94. The minimum atomic E-state index is 0.0328. The first kappa shape index (κ1) is 11.3. The van der Waals surface area contributed by atoms with Gasteiger partial charge in [0.2, 0.25) is 0 Å². The highest BCUT2D eigenvalue weighted by atomic mass is 16.3. The lowest BCUT2D eigenvalue weighted by molar-refractivity contribution is 0.231. The van der Waals surface area contributed by atoms with Crippen molar-refractivity contribution in [1.82, 2.24) is 10.3 Å². The third-order valence-corrected chi connectivity index (χ3v) is 2.42. The molecule has 1 heterocycles. The number of nitrogens with one attached hydrogen (secondary N) is 2. The van der Waals surface area contributed by atoms with E-state index in [0.29, 0.717) is 0 Å². The smallest absolute Gasteiger partial charge is 0.0448 e. The number of aromatic amines is 1. The van der Waals surface area contributed by atoms with Crippen LogP contribution in [0.4, 0.5) is 0 Å². The van der Waals surface area contributed by atoms with E-state index in [1.807, 2.05) is 12.4 Å². The summed E-state index contributed by atoms with van der Waals surface area (Å²) in [6.07, 6.45) is 5.77. The van der Waals surface area contributed by atoms with Crippen LogP contribution in [0.5, 0.6) is 0 Å². The highest BCUT2D eigenvalue weighted by Crippen LogP contribution is 2.07. The summed E-state index contributed by atoms with van der Waals surface area (Å²) in [7, 11) is 0. The maximum Gasteiger partial charge on any atom is 0.0448 e. The van der Waals surface area contributed by atoms with Gasteiger partial charge in [-0.1, -0.05) is 0 Å². The number of rotatable bonds is 6. The Morgan fingerprint density at radius 3 is 2.86 bits per heavy atom. The molecule has 0 aromatic carbocycles. The van der Waals surface area contributed by atoms with Gasteiger partial charge in [-0.3, -0.25) is 0 Å². The molecule has 1 aromatic rings. The van der Waals surface area contributed by atoms with Gasteiger partial charge in [0.05, 0.1) is 0 Å². The van der Waals surface area contributed by atoms with Crippen molar-refractivity contribution in [1.29, 1.82) is 0 Å². The van der Waals surface area contributed by atoms with E-state index in [2.05, 4.69) is 30.2 Å². The summed E-state index contributed by atoms with van der Waals surface area (Å²) >= 11 is 0. The van der Waals surface area contributed by atoms with E-state index in [1.165, 1.54) is 5.56 Å². The second kappa shape index (κ2) is 5.17. The van der Waals surface area contributed by atoms with Crippen LogP contribution in [0, 0.1) is 0 Å². The fourth-order valence-corrected chi connectivity index (χ4v) is 1.43. The minimum Gasteiger partial charge on any atom is -0.396 e. The summed E-state index contributed by atoms with van der Waals surface area (Å²) in [4.78, 5) is 3.03. The van der Waals surface area contributed by atoms with E-state index in [-0.39, 0.29) is 12.1 Å². The van der Waals surface area contributed by atoms with Gasteiger partial charge < -0.3 is 15.4 Å². The van der Waals surface area contributed by atoms with Gasteiger partial charge in [0.15, 0.2) is 0 Å². The molecule has 0 atom stereocenters. The van der Waals surface area contributed by atoms with Crippen molar-refractivity contribution in [2.24, 2.45) is 0 Å². The lowest BCUT2D eigenvalue weighted by atomic mass is 10.0. The monoisotopic (exact) mass is 196 g/mol. The normalized spacial score (nSPS) is 11.9. The summed E-state index contributed by atoms with van der Waals surface area (Å²) in [6, 6.07) is 2.08. The van der Waals surface area contributed by atoms with Gasteiger partial charge in [-0.05, 0) is 44.9 Å². The quantitative estimate of drug-likeness (QED) is 0.642. The Kier molecular flexibility index (Phi) is 4.17. The first-order chi connectivity index (χ1) is 6.64. The molecule has 3 heteroatoms. The molecule has 3 N–H and O–H groups in total. The number of aliphatic hydroxyl groups excluding tert-OH is 1. The van der Waals surface area contributed by atoms with E-state index in [1.54, 1.807) is 0 Å². The van der Waals surface area contributed by atoms with E-state index < -0.39 is 0 Å². The lowest BCUT2D eigenvalue weighted by Crippen LogP contribution is -2.41. The molecule has 1 aromatic heterocycles. The van der Waals surface area contributed by atoms with Crippen LogP contribution in [0.1, 0.15) is 25.8 Å². The molecule has 1 rings (SSSR count). The molecule has 80 valence electrons. The molecule has 0 radical (unpaired) electrons. The summed E-state index contributed by atoms with van der Waals surface area (Å²) < 4.78 is 0. The molecule has 0 spiro atoms. The largest absolute Gasteiger partial charge is 0.396 e. The van der Waals surface area contributed by atoms with Crippen LogP contribution in [0.2, 0.25) is 0 Å². The molecule has 0 unspecified atom stereocenters. The molecule has 0 saturated carbocycles. The van der Waals surface area contributed by atoms with Gasteiger partial charge in [0.1, 0.15) is 0 Å². The molecule has 0 bridgehead atoms. The Hall–Kier alpha value is -0.800. The van der Waals surface area contributed by atoms with Gasteiger partial charge >= 0.3 is 0 Å². The Balaban J connectivity index is 2.20. The molecular formula is C11H20N2O. The maximum atomic E-state index is 8.84. The zero-order valence-electron chi connectivity index (χ0n) is 9.01. The molecule has 0 saturated heterocycles. The number of aliphatic hydroxyl groups is 1. The molecule has 0 aliphatic rings. The van der Waals surface area contributed by atoms with E-state index in [4.69, 9.17) is 5.11 Å². The predicted molar refractivity (Wildman–Crippen MR) is 58.3 cm³/mol. The molecule has 3 nitrogen and oxygen atoms in total. The summed E-state index contributed by atoms with van der Waals surface area (Å²) in [5.74, 6) is 0. The van der Waals surface area contributed by atoms with Crippen molar-refractivity contribution in [3.05, 3.63) is 24.0 Å². The van der Waals surface area contributed by atoms with Gasteiger partial charge in [0, 0.05) is 24.5 Å². The molecule has 0 fully saturated rings. The minimum absolute atomic E-state index is 0.0328. The molecular weight excluding hydrogens is 176 g/mol. The standard InChI is InChI=1S/C11H20N2O/c1-11(2,5-8-14)13-7-4-10-3-6-12-9-10/h3,6,9,12-14H,4-5,7-8H2,1-2H3. The zero-order valence-corrected chi connectivity index (χ0v) is 9.01. The van der Waals surface area contributed by atoms with Crippen LogP contribution in [-0.2, 0) is 6.42 Å². The van der Waals surface area contributed by atoms with Gasteiger partial charge in [-0.2, -0.15) is 0 Å². The van der Waals surface area contributed by atoms with Crippen molar-refractivity contribution in [2.75, 3.05) is 13.2 Å². The fourth-order valence-electron chi connectivity index (χ4n) is 1.43. The fraction of sp³-hybridized carbons (Fsp3) is 0.636. The first-order valence-electron chi connectivity index (χ1n) is 5.11. The Labute approximate surface area is 85.5 Å². The van der Waals surface area contributed by atoms with Crippen LogP contribution in [0.3, 0.4) is 0 Å². The van der Waals surface area contributed by atoms with Gasteiger partial charge in [-0.25, -0.2) is 0 Å². The van der Waals surface area contributed by atoms with Crippen molar-refractivity contribution < 1.29 is 5.11 Å². The van der Waals surface area contributed by atoms with Crippen molar-refractivity contribution >= 4 is 0 Å². The van der Waals surface area contributed by atoms with Crippen molar-refractivity contribution in [3.8, 4) is 0 Å². The molecule has 14 heavy (non-hydrogen) atoms. The van der Waals surface area contributed by atoms with E-state index in [0.717, 1.165) is 19.4 Å². The average molecular weight is 196 g/mol. The zero-order chi connectivity index (χ0) is 10.4. The third-order valence-electron chi connectivity index (χ3n) is 2.42. The predicted octanol–water partition coefficient (Wildman–Crippen LogP) is 1.31. The van der Waals surface area contributed by atoms with Crippen LogP contribution in [0.15, 0.2) is 18.5 Å². The molecule has 0 aliphatic carbocycles. The first-order valence-corrected chi connectivity index (χ1v) is 5.11. The van der Waals surface area contributed by atoms with Gasteiger partial charge in [0.25, 0.3) is 0 Å². The Morgan fingerprint density at radius 2 is 2.29 bits per heavy atom. The second-order valence-electron chi connectivity index (χ2n) is 4.25. The number of H-pyrrole nitrogens is 1. The molecule has 0 aliphatic heterocycles. The van der Waals surface area contributed by atoms with Crippen molar-refractivity contribution in [3.63, 3.8) is 0 Å². The number of aromatic nitrogens is 1. The van der Waals surface area contributed by atoms with E-state index in [9.17, 15) is 0 Å². The molecule has 0 amide bonds. The SMILES string of the molecule is CC(C)(CCO)NCCc1cc[nH]c1. The van der Waals surface area contributed by atoms with Crippen LogP contribution in [0.25, 0.3) is 0 Å². The van der Waals surface area contributed by atoms with Crippen LogP contribution >= 0.6 is 0 Å². The average Bonchev–Trinajstić information content (AvgIpc) is 2.56. The second-order valence-corrected chi connectivity index (χ2v) is 4.25. The topological polar surface area (TPSA) is 48.0 Å². The number of hydrogen-bond donors (Lipinski definition) is 3. The summed E-state index contributed by atoms with van der Waals surface area (Å²) in [6.45, 7) is 5.41. The van der Waals surface area contributed by atoms with E-state index >= 15 is 0 Å². The van der Waals surface area contributed by atoms with Gasteiger partial charge in [-0.15, -0.1) is 0 Å². The highest BCUT2D eigenvalue weighted by Gasteiger charge is 2.14. The highest BCUT2D eigenvalue weighted by molar-refractivity contribution is 5.08. The summed E-state index contributed by atoms with van der Waals surface area (Å²) in [5, 5.41) is 12.3. The van der Waals surface area contributed by atoms with Crippen LogP contribution in [-0.4, -0.2) is 28.8 Å². The summed E-state index contributed by atoms with van der Waals surface area (Å²) in [5.41, 5.74) is 1.35. The Bertz CT molecular complexity index is 242. The van der Waals surface area contributed by atoms with Crippen molar-refractivity contribution in [2.45, 2.75) is 32.2 Å². The Morgan fingerprint density at radius 1 is 1.50 bits per heavy atom. The number of hydrogen-bond acceptors (Lipinski definition) is 2. The lowest BCUT2D eigenvalue weighted by Gasteiger charge is -2.25. The maximum absolute atomic E-state index is 8.84. The van der Waals surface area contributed by atoms with Crippen LogP contribution < -0.4 is 5.32 Å².